The van der Waals surface area contributed by atoms with Crippen molar-refractivity contribution in [3.05, 3.63) is 35.5 Å². The molecule has 1 heterocycles. The average Bonchev–Trinajstić information content (AvgIpc) is 2.62. The standard InChI is InChI=1S/C13H14N2O4/c1-8-2-3-9(6-11(8)17)14-10-7-12(18)15(4-5-16)13(10)19/h2-3,6-7,14,16-17H,4-5H2,1H3. The number of hydrogen-bond donors (Lipinski definition) is 3. The SMILES string of the molecule is Cc1ccc(NC2=CC(=O)N(CCO)C2=O)cc1O. The molecule has 2 amide bonds. The van der Waals surface area contributed by atoms with Crippen molar-refractivity contribution < 1.29 is 19.8 Å². The van der Waals surface area contributed by atoms with Crippen LogP contribution in [0, 0.1) is 6.92 Å². The van der Waals surface area contributed by atoms with Crippen molar-refractivity contribution in [1.82, 2.24) is 4.90 Å². The molecule has 0 saturated carbocycles. The molecule has 0 aliphatic carbocycles. The fourth-order valence-corrected chi connectivity index (χ4v) is 1.75. The predicted octanol–water partition coefficient (Wildman–Crippen LogP) is 0.358. The van der Waals surface area contributed by atoms with E-state index < -0.39 is 11.8 Å². The lowest BCUT2D eigenvalue weighted by atomic mass is 10.2. The number of anilines is 1. The molecule has 6 heteroatoms. The molecule has 0 radical (unpaired) electrons. The molecule has 0 spiro atoms. The zero-order valence-corrected chi connectivity index (χ0v) is 10.4. The van der Waals surface area contributed by atoms with Crippen LogP contribution in [0.15, 0.2) is 30.0 Å². The molecule has 1 aliphatic rings. The Morgan fingerprint density at radius 3 is 2.68 bits per heavy atom. The van der Waals surface area contributed by atoms with Crippen molar-refractivity contribution in [3.8, 4) is 5.75 Å². The number of rotatable bonds is 4. The van der Waals surface area contributed by atoms with Gasteiger partial charge in [0.25, 0.3) is 11.8 Å². The van der Waals surface area contributed by atoms with Gasteiger partial charge in [0, 0.05) is 17.8 Å². The molecular weight excluding hydrogens is 248 g/mol. The van der Waals surface area contributed by atoms with Gasteiger partial charge in [-0.3, -0.25) is 14.5 Å². The summed E-state index contributed by atoms with van der Waals surface area (Å²) in [6.07, 6.45) is 1.18. The monoisotopic (exact) mass is 262 g/mol. The normalized spacial score (nSPS) is 14.8. The molecule has 1 aliphatic heterocycles. The van der Waals surface area contributed by atoms with Gasteiger partial charge in [-0.15, -0.1) is 0 Å². The lowest BCUT2D eigenvalue weighted by molar-refractivity contribution is -0.137. The van der Waals surface area contributed by atoms with Crippen LogP contribution in [-0.4, -0.2) is 40.1 Å². The molecule has 0 unspecified atom stereocenters. The maximum atomic E-state index is 11.9. The zero-order valence-electron chi connectivity index (χ0n) is 10.4. The van der Waals surface area contributed by atoms with Crippen molar-refractivity contribution in [1.29, 1.82) is 0 Å². The molecule has 3 N–H and O–H groups in total. The number of nitrogens with zero attached hydrogens (tertiary/aromatic N) is 1. The number of carbonyl (C=O) groups excluding carboxylic acids is 2. The molecule has 0 aromatic heterocycles. The Hall–Kier alpha value is -2.34. The highest BCUT2D eigenvalue weighted by molar-refractivity contribution is 6.17. The Bertz CT molecular complexity index is 566. The molecule has 1 aromatic carbocycles. The number of phenolic OH excluding ortho intramolecular Hbond substituents is 1. The Balaban J connectivity index is 2.16. The number of phenols is 1. The van der Waals surface area contributed by atoms with Crippen LogP contribution in [0.25, 0.3) is 0 Å². The van der Waals surface area contributed by atoms with Crippen LogP contribution in [0.3, 0.4) is 0 Å². The van der Waals surface area contributed by atoms with Gasteiger partial charge in [0.2, 0.25) is 0 Å². The minimum Gasteiger partial charge on any atom is -0.508 e. The molecule has 19 heavy (non-hydrogen) atoms. The summed E-state index contributed by atoms with van der Waals surface area (Å²) in [5, 5.41) is 21.1. The third-order valence-corrected chi connectivity index (χ3v) is 2.82. The molecule has 0 atom stereocenters. The number of carbonyl (C=O) groups is 2. The van der Waals surface area contributed by atoms with Crippen molar-refractivity contribution in [3.63, 3.8) is 0 Å². The highest BCUT2D eigenvalue weighted by Gasteiger charge is 2.30. The summed E-state index contributed by atoms with van der Waals surface area (Å²) in [6, 6.07) is 4.87. The number of nitrogens with one attached hydrogen (secondary N) is 1. The third kappa shape index (κ3) is 2.58. The van der Waals surface area contributed by atoms with E-state index in [1.807, 2.05) is 0 Å². The van der Waals surface area contributed by atoms with Crippen LogP contribution in [0.5, 0.6) is 5.75 Å². The Morgan fingerprint density at radius 1 is 1.32 bits per heavy atom. The maximum absolute atomic E-state index is 11.9. The number of aromatic hydroxyl groups is 1. The number of aliphatic hydroxyl groups is 1. The third-order valence-electron chi connectivity index (χ3n) is 2.82. The second-order valence-electron chi connectivity index (χ2n) is 4.20. The van der Waals surface area contributed by atoms with Crippen LogP contribution in [0.1, 0.15) is 5.56 Å². The zero-order chi connectivity index (χ0) is 14.0. The van der Waals surface area contributed by atoms with Crippen molar-refractivity contribution in [2.45, 2.75) is 6.92 Å². The number of aliphatic hydroxyl groups excluding tert-OH is 1. The van der Waals surface area contributed by atoms with E-state index in [1.165, 1.54) is 12.1 Å². The first kappa shape index (κ1) is 13.1. The van der Waals surface area contributed by atoms with E-state index in [-0.39, 0.29) is 24.6 Å². The summed E-state index contributed by atoms with van der Waals surface area (Å²) in [6.45, 7) is 1.45. The number of amides is 2. The highest BCUT2D eigenvalue weighted by atomic mass is 16.3. The van der Waals surface area contributed by atoms with E-state index in [4.69, 9.17) is 5.11 Å². The Kier molecular flexibility index (Phi) is 3.52. The molecule has 0 bridgehead atoms. The summed E-state index contributed by atoms with van der Waals surface area (Å²) in [4.78, 5) is 24.3. The maximum Gasteiger partial charge on any atom is 0.277 e. The first-order valence-corrected chi connectivity index (χ1v) is 5.78. The van der Waals surface area contributed by atoms with Crippen LogP contribution >= 0.6 is 0 Å². The van der Waals surface area contributed by atoms with Crippen LogP contribution < -0.4 is 5.32 Å². The molecule has 0 fully saturated rings. The average molecular weight is 262 g/mol. The lowest BCUT2D eigenvalue weighted by Crippen LogP contribution is -2.34. The van der Waals surface area contributed by atoms with E-state index in [9.17, 15) is 14.7 Å². The van der Waals surface area contributed by atoms with Gasteiger partial charge in [-0.2, -0.15) is 0 Å². The lowest BCUT2D eigenvalue weighted by Gasteiger charge is -2.13. The van der Waals surface area contributed by atoms with Gasteiger partial charge < -0.3 is 15.5 Å². The Labute approximate surface area is 110 Å². The summed E-state index contributed by atoms with van der Waals surface area (Å²) in [5.74, 6) is -0.841. The van der Waals surface area contributed by atoms with E-state index in [0.29, 0.717) is 5.69 Å². The number of hydrogen-bond acceptors (Lipinski definition) is 5. The molecule has 2 rings (SSSR count). The van der Waals surface area contributed by atoms with E-state index >= 15 is 0 Å². The van der Waals surface area contributed by atoms with Gasteiger partial charge >= 0.3 is 0 Å². The van der Waals surface area contributed by atoms with Gasteiger partial charge in [-0.05, 0) is 18.6 Å². The highest BCUT2D eigenvalue weighted by Crippen LogP contribution is 2.23. The molecule has 0 saturated heterocycles. The predicted molar refractivity (Wildman–Crippen MR) is 68.4 cm³/mol. The van der Waals surface area contributed by atoms with Crippen molar-refractivity contribution in [2.24, 2.45) is 0 Å². The number of β-amino-alcohol motifs (C(OH)–C–C–N with tert-alkyl or cyclic N) is 1. The van der Waals surface area contributed by atoms with Gasteiger partial charge in [0.05, 0.1) is 13.2 Å². The van der Waals surface area contributed by atoms with Crippen molar-refractivity contribution >= 4 is 17.5 Å². The quantitative estimate of drug-likeness (QED) is 0.682. The summed E-state index contributed by atoms with van der Waals surface area (Å²) < 4.78 is 0. The molecule has 1 aromatic rings. The van der Waals surface area contributed by atoms with E-state index in [1.54, 1.807) is 19.1 Å². The van der Waals surface area contributed by atoms with Crippen LogP contribution in [0.2, 0.25) is 0 Å². The Morgan fingerprint density at radius 2 is 2.05 bits per heavy atom. The molecule has 6 nitrogen and oxygen atoms in total. The number of imide groups is 1. The summed E-state index contributed by atoms with van der Waals surface area (Å²) in [5.41, 5.74) is 1.36. The first-order chi connectivity index (χ1) is 9.02. The molecular formula is C13H14N2O4. The topological polar surface area (TPSA) is 89.9 Å². The number of aryl methyl sites for hydroxylation is 1. The van der Waals surface area contributed by atoms with Gasteiger partial charge in [0.15, 0.2) is 0 Å². The van der Waals surface area contributed by atoms with Gasteiger partial charge in [-0.1, -0.05) is 6.07 Å². The summed E-state index contributed by atoms with van der Waals surface area (Å²) in [7, 11) is 0. The van der Waals surface area contributed by atoms with E-state index in [2.05, 4.69) is 5.32 Å². The smallest absolute Gasteiger partial charge is 0.277 e. The first-order valence-electron chi connectivity index (χ1n) is 5.78. The van der Waals surface area contributed by atoms with Crippen molar-refractivity contribution in [2.75, 3.05) is 18.5 Å². The second kappa shape index (κ2) is 5.11. The fraction of sp³-hybridized carbons (Fsp3) is 0.231. The van der Waals surface area contributed by atoms with Crippen LogP contribution in [-0.2, 0) is 9.59 Å². The minimum absolute atomic E-state index is 0.0293. The van der Waals surface area contributed by atoms with Gasteiger partial charge in [0.1, 0.15) is 11.4 Å². The fourth-order valence-electron chi connectivity index (χ4n) is 1.75. The molecule has 100 valence electrons. The van der Waals surface area contributed by atoms with Crippen LogP contribution in [0.4, 0.5) is 5.69 Å². The number of benzene rings is 1. The largest absolute Gasteiger partial charge is 0.508 e. The second-order valence-corrected chi connectivity index (χ2v) is 4.20. The van der Waals surface area contributed by atoms with E-state index in [0.717, 1.165) is 10.5 Å². The summed E-state index contributed by atoms with van der Waals surface area (Å²) >= 11 is 0. The minimum atomic E-state index is -0.487. The van der Waals surface area contributed by atoms with Gasteiger partial charge in [-0.25, -0.2) is 0 Å².